The first-order valence-corrected chi connectivity index (χ1v) is 10.8. The molecule has 2 fully saturated rings. The molecule has 178 valence electrons. The monoisotopic (exact) mass is 464 g/mol. The van der Waals surface area contributed by atoms with Crippen LogP contribution in [0.15, 0.2) is 30.6 Å². The van der Waals surface area contributed by atoms with Crippen LogP contribution in [0.25, 0.3) is 0 Å². The highest BCUT2D eigenvalue weighted by Crippen LogP contribution is 2.37. The Hall–Kier alpha value is -2.72. The van der Waals surface area contributed by atoms with E-state index in [0.717, 1.165) is 25.0 Å². The number of halogens is 3. The Bertz CT molecular complexity index is 1030. The van der Waals surface area contributed by atoms with Gasteiger partial charge in [-0.05, 0) is 51.3 Å². The molecule has 1 saturated carbocycles. The first-order valence-electron chi connectivity index (χ1n) is 10.8. The largest absolute Gasteiger partial charge is 0.416 e. The molecule has 7 nitrogen and oxygen atoms in total. The number of carbonyl (C=O) groups excluding carboxylic acids is 1. The van der Waals surface area contributed by atoms with Crippen LogP contribution in [-0.2, 0) is 32.4 Å². The molecule has 0 unspecified atom stereocenters. The van der Waals surface area contributed by atoms with Crippen molar-refractivity contribution >= 4 is 11.7 Å². The molecule has 1 aliphatic heterocycles. The van der Waals surface area contributed by atoms with Crippen LogP contribution in [-0.4, -0.2) is 34.6 Å². The minimum absolute atomic E-state index is 0.00926. The molecule has 0 atom stereocenters. The van der Waals surface area contributed by atoms with E-state index in [0.29, 0.717) is 35.9 Å². The van der Waals surface area contributed by atoms with Crippen molar-refractivity contribution in [2.45, 2.75) is 63.6 Å². The van der Waals surface area contributed by atoms with Gasteiger partial charge in [0, 0.05) is 5.54 Å². The third kappa shape index (κ3) is 5.44. The van der Waals surface area contributed by atoms with Gasteiger partial charge < -0.3 is 20.1 Å². The first-order chi connectivity index (χ1) is 15.5. The highest BCUT2D eigenvalue weighted by molar-refractivity contribution is 5.80. The van der Waals surface area contributed by atoms with Gasteiger partial charge in [0.15, 0.2) is 6.29 Å². The number of anilines is 1. The molecule has 2 heterocycles. The molecule has 33 heavy (non-hydrogen) atoms. The number of hydrogen-bond acceptors (Lipinski definition) is 6. The number of hydrogen-bond donors (Lipinski definition) is 2. The van der Waals surface area contributed by atoms with Crippen molar-refractivity contribution in [2.75, 3.05) is 18.5 Å². The molecular weight excluding hydrogens is 437 g/mol. The van der Waals surface area contributed by atoms with Gasteiger partial charge in [-0.15, -0.1) is 0 Å². The number of nitrogens with zero attached hydrogens (tertiary/aromatic N) is 2. The van der Waals surface area contributed by atoms with E-state index in [1.807, 2.05) is 6.92 Å². The van der Waals surface area contributed by atoms with Crippen molar-refractivity contribution < 1.29 is 27.4 Å². The fourth-order valence-electron chi connectivity index (χ4n) is 3.74. The zero-order valence-electron chi connectivity index (χ0n) is 18.8. The summed E-state index contributed by atoms with van der Waals surface area (Å²) in [5.74, 6) is 0.177. The summed E-state index contributed by atoms with van der Waals surface area (Å²) in [6.45, 7) is 6.25. The number of rotatable bonds is 7. The molecule has 1 aromatic carbocycles. The van der Waals surface area contributed by atoms with E-state index in [1.54, 1.807) is 19.9 Å². The average Bonchev–Trinajstić information content (AvgIpc) is 3.22. The van der Waals surface area contributed by atoms with E-state index < -0.39 is 23.6 Å². The molecule has 10 heteroatoms. The van der Waals surface area contributed by atoms with Crippen molar-refractivity contribution in [1.82, 2.24) is 15.3 Å². The molecule has 1 aromatic heterocycles. The summed E-state index contributed by atoms with van der Waals surface area (Å²) in [4.78, 5) is 21.2. The number of nitrogens with one attached hydrogen (secondary N) is 2. The number of ether oxygens (including phenoxy) is 2. The van der Waals surface area contributed by atoms with Crippen LogP contribution in [0.1, 0.15) is 62.3 Å². The molecule has 1 saturated heterocycles. The Morgan fingerprint density at radius 2 is 1.82 bits per heavy atom. The molecule has 2 N–H and O–H groups in total. The summed E-state index contributed by atoms with van der Waals surface area (Å²) in [7, 11) is 0. The van der Waals surface area contributed by atoms with Gasteiger partial charge in [0.25, 0.3) is 0 Å². The van der Waals surface area contributed by atoms with Gasteiger partial charge in [-0.2, -0.15) is 13.2 Å². The highest BCUT2D eigenvalue weighted by Gasteiger charge is 2.39. The fourth-order valence-corrected chi connectivity index (χ4v) is 3.74. The summed E-state index contributed by atoms with van der Waals surface area (Å²) in [6, 6.07) is 5.14. The van der Waals surface area contributed by atoms with Crippen LogP contribution in [0.5, 0.6) is 0 Å². The molecule has 0 radical (unpaired) electrons. The van der Waals surface area contributed by atoms with Crippen LogP contribution in [0, 0.1) is 0 Å². The van der Waals surface area contributed by atoms with Crippen molar-refractivity contribution in [3.8, 4) is 0 Å². The van der Waals surface area contributed by atoms with E-state index in [2.05, 4.69) is 20.6 Å². The second-order valence-corrected chi connectivity index (χ2v) is 9.27. The zero-order valence-corrected chi connectivity index (χ0v) is 18.8. The maximum atomic E-state index is 13.2. The third-order valence-electron chi connectivity index (χ3n) is 5.94. The maximum absolute atomic E-state index is 13.2. The predicted molar refractivity (Wildman–Crippen MR) is 114 cm³/mol. The number of aromatic nitrogens is 2. The lowest BCUT2D eigenvalue weighted by Crippen LogP contribution is -2.36. The minimum atomic E-state index is -4.45. The number of alkyl halides is 3. The molecule has 2 aliphatic rings. The second kappa shape index (κ2) is 8.57. The lowest BCUT2D eigenvalue weighted by molar-refractivity contribution is -0.137. The summed E-state index contributed by atoms with van der Waals surface area (Å²) < 4.78 is 51.1. The number of benzene rings is 1. The topological polar surface area (TPSA) is 85.4 Å². The molecule has 1 amide bonds. The smallest absolute Gasteiger partial charge is 0.361 e. The molecule has 1 aliphatic carbocycles. The lowest BCUT2D eigenvalue weighted by Gasteiger charge is -2.30. The lowest BCUT2D eigenvalue weighted by atomic mass is 9.92. The molecule has 4 rings (SSSR count). The highest BCUT2D eigenvalue weighted by atomic mass is 19.4. The second-order valence-electron chi connectivity index (χ2n) is 9.27. The third-order valence-corrected chi connectivity index (χ3v) is 5.94. The summed E-state index contributed by atoms with van der Waals surface area (Å²) in [5, 5.41) is 6.23. The Balaban J connectivity index is 1.64. The molecule has 0 bridgehead atoms. The van der Waals surface area contributed by atoms with Gasteiger partial charge in [0.05, 0.1) is 42.0 Å². The van der Waals surface area contributed by atoms with Crippen molar-refractivity contribution in [1.29, 1.82) is 0 Å². The molecule has 0 spiro atoms. The van der Waals surface area contributed by atoms with Crippen LogP contribution in [0.2, 0.25) is 0 Å². The van der Waals surface area contributed by atoms with Gasteiger partial charge in [-0.1, -0.05) is 12.1 Å². The Kier molecular flexibility index (Phi) is 6.09. The maximum Gasteiger partial charge on any atom is 0.416 e. The first kappa shape index (κ1) is 23.4. The predicted octanol–water partition coefficient (Wildman–Crippen LogP) is 4.10. The molecular formula is C23H27F3N4O3. The Labute approximate surface area is 190 Å². The van der Waals surface area contributed by atoms with Crippen LogP contribution in [0.4, 0.5) is 19.0 Å². The van der Waals surface area contributed by atoms with Crippen molar-refractivity contribution in [3.63, 3.8) is 0 Å². The van der Waals surface area contributed by atoms with E-state index in [1.165, 1.54) is 12.4 Å². The quantitative estimate of drug-likeness (QED) is 0.642. The van der Waals surface area contributed by atoms with Crippen LogP contribution in [0.3, 0.4) is 0 Å². The van der Waals surface area contributed by atoms with Crippen molar-refractivity contribution in [3.05, 3.63) is 53.0 Å². The van der Waals surface area contributed by atoms with E-state index in [-0.39, 0.29) is 17.9 Å². The normalized spacial score (nSPS) is 18.2. The molecule has 2 aromatic rings. The fraction of sp³-hybridized carbons (Fsp3) is 0.522. The number of amides is 1. The van der Waals surface area contributed by atoms with Gasteiger partial charge in [-0.25, -0.2) is 9.97 Å². The standard InChI is InChI=1S/C23H27F3N4O3/c1-21(2,14-5-4-6-15(11-14)23(24,25)26)30-19-18(20-32-9-10-33-20)16(27-13-28-19)12-17(31)29-22(3)7-8-22/h4-6,11,13,20H,7-10,12H2,1-3H3,(H,29,31)(H,27,28,30). The van der Waals surface area contributed by atoms with Gasteiger partial charge in [0.1, 0.15) is 12.1 Å². The van der Waals surface area contributed by atoms with Crippen LogP contribution >= 0.6 is 0 Å². The van der Waals surface area contributed by atoms with E-state index in [4.69, 9.17) is 9.47 Å². The Morgan fingerprint density at radius 3 is 2.45 bits per heavy atom. The summed E-state index contributed by atoms with van der Waals surface area (Å²) in [6.07, 6.45) is -2.02. The summed E-state index contributed by atoms with van der Waals surface area (Å²) >= 11 is 0. The van der Waals surface area contributed by atoms with Gasteiger partial charge >= 0.3 is 6.18 Å². The SMILES string of the molecule is CC1(NC(=O)Cc2ncnc(NC(C)(C)c3cccc(C(F)(F)F)c3)c2C2OCCO2)CC1. The van der Waals surface area contributed by atoms with Gasteiger partial charge in [-0.3, -0.25) is 4.79 Å². The van der Waals surface area contributed by atoms with Crippen LogP contribution < -0.4 is 10.6 Å². The Morgan fingerprint density at radius 1 is 1.15 bits per heavy atom. The zero-order chi connectivity index (χ0) is 23.9. The van der Waals surface area contributed by atoms with Gasteiger partial charge in [0.2, 0.25) is 5.91 Å². The van der Waals surface area contributed by atoms with Crippen molar-refractivity contribution in [2.24, 2.45) is 0 Å². The van der Waals surface area contributed by atoms with E-state index >= 15 is 0 Å². The number of carbonyl (C=O) groups is 1. The summed E-state index contributed by atoms with van der Waals surface area (Å²) in [5.41, 5.74) is -0.476. The van der Waals surface area contributed by atoms with E-state index in [9.17, 15) is 18.0 Å². The minimum Gasteiger partial charge on any atom is -0.361 e. The average molecular weight is 464 g/mol.